The first-order valence-corrected chi connectivity index (χ1v) is 12.1. The highest BCUT2D eigenvalue weighted by atomic mass is 35.5. The molecule has 0 saturated heterocycles. The Morgan fingerprint density at radius 2 is 1.29 bits per heavy atom. The molecule has 1 atom stereocenters. The molecule has 3 heteroatoms. The molecule has 0 amide bonds. The first-order valence-electron chi connectivity index (χ1n) is 12.1. The van der Waals surface area contributed by atoms with Gasteiger partial charge in [0.05, 0.1) is 0 Å². The van der Waals surface area contributed by atoms with Crippen molar-refractivity contribution < 1.29 is 0 Å². The van der Waals surface area contributed by atoms with E-state index in [1.807, 2.05) is 0 Å². The van der Waals surface area contributed by atoms with Crippen LogP contribution in [0.1, 0.15) is 111 Å². The van der Waals surface area contributed by atoms with Crippen LogP contribution in [0.25, 0.3) is 0 Å². The van der Waals surface area contributed by atoms with E-state index < -0.39 is 0 Å². The molecule has 1 aliphatic heterocycles. The Bertz CT molecular complexity index is 393. The number of allylic oxidation sites excluding steroid dienone is 2. The maximum atomic E-state index is 2.81. The second-order valence-corrected chi connectivity index (χ2v) is 8.26. The van der Waals surface area contributed by atoms with Crippen molar-refractivity contribution in [2.24, 2.45) is 0 Å². The Morgan fingerprint density at radius 1 is 0.750 bits per heavy atom. The fraction of sp³-hybridized carbons (Fsp3) is 0.840. The summed E-state index contributed by atoms with van der Waals surface area (Å²) in [7, 11) is 0. The molecule has 0 bridgehead atoms. The summed E-state index contributed by atoms with van der Waals surface area (Å²) in [5.41, 5.74) is 1.65. The van der Waals surface area contributed by atoms with Gasteiger partial charge in [0, 0.05) is 25.8 Å². The molecule has 0 aromatic rings. The quantitative estimate of drug-likeness (QED) is 0.223. The van der Waals surface area contributed by atoms with E-state index >= 15 is 0 Å². The fourth-order valence-corrected chi connectivity index (χ4v) is 4.19. The first kappa shape index (κ1) is 27.5. The van der Waals surface area contributed by atoms with Gasteiger partial charge in [0.15, 0.2) is 0 Å². The van der Waals surface area contributed by atoms with Crippen molar-refractivity contribution >= 4 is 12.4 Å². The molecule has 0 spiro atoms. The van der Waals surface area contributed by atoms with E-state index in [-0.39, 0.29) is 12.4 Å². The van der Waals surface area contributed by atoms with Gasteiger partial charge in [0.2, 0.25) is 0 Å². The number of hydrogen-bond donors (Lipinski definition) is 0. The van der Waals surface area contributed by atoms with Crippen molar-refractivity contribution in [3.8, 4) is 0 Å². The van der Waals surface area contributed by atoms with Gasteiger partial charge >= 0.3 is 0 Å². The fourth-order valence-electron chi connectivity index (χ4n) is 4.19. The Hall–Kier alpha value is -0.470. The van der Waals surface area contributed by atoms with Crippen molar-refractivity contribution in [3.63, 3.8) is 0 Å². The lowest BCUT2D eigenvalue weighted by Crippen LogP contribution is -2.49. The van der Waals surface area contributed by atoms with Crippen molar-refractivity contribution in [3.05, 3.63) is 23.9 Å². The van der Waals surface area contributed by atoms with Gasteiger partial charge in [-0.25, -0.2) is 0 Å². The smallest absolute Gasteiger partial charge is 0.104 e. The van der Waals surface area contributed by atoms with Gasteiger partial charge in [-0.2, -0.15) is 0 Å². The Morgan fingerprint density at radius 3 is 1.79 bits per heavy atom. The lowest BCUT2D eigenvalue weighted by atomic mass is 9.99. The molecule has 1 rings (SSSR count). The summed E-state index contributed by atoms with van der Waals surface area (Å²) in [4.78, 5) is 5.39. The van der Waals surface area contributed by atoms with Crippen LogP contribution < -0.4 is 0 Å². The maximum absolute atomic E-state index is 2.81. The van der Waals surface area contributed by atoms with E-state index in [4.69, 9.17) is 0 Å². The lowest BCUT2D eigenvalue weighted by molar-refractivity contribution is 0.0970. The molecule has 0 saturated carbocycles. The number of nitrogens with zero attached hydrogens (tertiary/aromatic N) is 2. The average Bonchev–Trinajstić information content (AvgIpc) is 2.70. The zero-order valence-corrected chi connectivity index (χ0v) is 20.2. The third kappa shape index (κ3) is 10.9. The third-order valence-electron chi connectivity index (χ3n) is 5.86. The van der Waals surface area contributed by atoms with E-state index in [0.29, 0.717) is 6.17 Å². The van der Waals surface area contributed by atoms with E-state index in [1.165, 1.54) is 96.6 Å². The van der Waals surface area contributed by atoms with Crippen LogP contribution in [0.15, 0.2) is 23.9 Å². The zero-order chi connectivity index (χ0) is 19.7. The maximum Gasteiger partial charge on any atom is 0.104 e. The Kier molecular flexibility index (Phi) is 18.2. The van der Waals surface area contributed by atoms with Gasteiger partial charge in [-0.3, -0.25) is 4.90 Å². The number of hydrogen-bond acceptors (Lipinski definition) is 2. The van der Waals surface area contributed by atoms with Gasteiger partial charge in [-0.05, 0) is 44.3 Å². The minimum atomic E-state index is 0. The van der Waals surface area contributed by atoms with Crippen LogP contribution in [0.5, 0.6) is 0 Å². The van der Waals surface area contributed by atoms with Crippen LogP contribution in [0, 0.1) is 0 Å². The largest absolute Gasteiger partial charge is 0.359 e. The molecular formula is C25H49ClN2. The summed E-state index contributed by atoms with van der Waals surface area (Å²) >= 11 is 0. The lowest BCUT2D eigenvalue weighted by Gasteiger charge is -2.42. The molecule has 166 valence electrons. The number of halogens is 1. The molecule has 0 aromatic carbocycles. The second kappa shape index (κ2) is 18.6. The van der Waals surface area contributed by atoms with Gasteiger partial charge in [-0.15, -0.1) is 12.4 Å². The standard InChI is InChI=1S/C25H48N2.ClH/c1-5-9-12-15-19-24-20-18-23-26(8-4)25(24)27(21-16-13-10-6-2)22-17-14-11-7-3;/h18,20,23,25H,5-17,19,21-22H2,1-4H3;1H. The summed E-state index contributed by atoms with van der Waals surface area (Å²) in [5, 5.41) is 0. The molecule has 0 fully saturated rings. The number of unbranched alkanes of at least 4 members (excludes halogenated alkanes) is 9. The molecule has 0 aromatic heterocycles. The minimum Gasteiger partial charge on any atom is -0.359 e. The molecule has 1 heterocycles. The van der Waals surface area contributed by atoms with Crippen LogP contribution in [0.4, 0.5) is 0 Å². The SMILES string of the molecule is CCCCCCC1=CC=CN(CC)C1N(CCCCCC)CCCCCC.Cl. The summed E-state index contributed by atoms with van der Waals surface area (Å²) < 4.78 is 0. The van der Waals surface area contributed by atoms with Gasteiger partial charge in [0.25, 0.3) is 0 Å². The van der Waals surface area contributed by atoms with Gasteiger partial charge in [0.1, 0.15) is 6.17 Å². The van der Waals surface area contributed by atoms with Gasteiger partial charge in [-0.1, -0.05) is 84.6 Å². The molecule has 0 radical (unpaired) electrons. The minimum absolute atomic E-state index is 0. The molecule has 1 unspecified atom stereocenters. The highest BCUT2D eigenvalue weighted by molar-refractivity contribution is 5.85. The first-order chi connectivity index (χ1) is 13.3. The monoisotopic (exact) mass is 412 g/mol. The Labute approximate surface area is 183 Å². The molecular weight excluding hydrogens is 364 g/mol. The average molecular weight is 413 g/mol. The van der Waals surface area contributed by atoms with E-state index in [9.17, 15) is 0 Å². The second-order valence-electron chi connectivity index (χ2n) is 8.26. The predicted octanol–water partition coefficient (Wildman–Crippen LogP) is 7.94. The predicted molar refractivity (Wildman–Crippen MR) is 129 cm³/mol. The zero-order valence-electron chi connectivity index (χ0n) is 19.4. The highest BCUT2D eigenvalue weighted by Crippen LogP contribution is 2.26. The molecule has 28 heavy (non-hydrogen) atoms. The van der Waals surface area contributed by atoms with E-state index in [0.717, 1.165) is 6.54 Å². The van der Waals surface area contributed by atoms with Crippen LogP contribution in [-0.4, -0.2) is 35.6 Å². The van der Waals surface area contributed by atoms with Crippen LogP contribution in [0.3, 0.4) is 0 Å². The Balaban J connectivity index is 0.00000729. The summed E-state index contributed by atoms with van der Waals surface area (Å²) in [6, 6.07) is 0. The van der Waals surface area contributed by atoms with Crippen LogP contribution in [-0.2, 0) is 0 Å². The summed E-state index contributed by atoms with van der Waals surface area (Å²) in [5.74, 6) is 0. The highest BCUT2D eigenvalue weighted by Gasteiger charge is 2.26. The number of likely N-dealkylation sites (N-methyl/N-ethyl adjacent to an activating group) is 1. The van der Waals surface area contributed by atoms with Crippen molar-refractivity contribution in [2.75, 3.05) is 19.6 Å². The number of rotatable bonds is 17. The van der Waals surface area contributed by atoms with Crippen molar-refractivity contribution in [1.29, 1.82) is 0 Å². The third-order valence-corrected chi connectivity index (χ3v) is 5.86. The molecule has 0 aliphatic carbocycles. The molecule has 1 aliphatic rings. The van der Waals surface area contributed by atoms with Gasteiger partial charge < -0.3 is 4.90 Å². The van der Waals surface area contributed by atoms with Crippen LogP contribution >= 0.6 is 12.4 Å². The molecule has 2 nitrogen and oxygen atoms in total. The van der Waals surface area contributed by atoms with Crippen molar-refractivity contribution in [1.82, 2.24) is 9.80 Å². The summed E-state index contributed by atoms with van der Waals surface area (Å²) in [6.45, 7) is 12.9. The van der Waals surface area contributed by atoms with Crippen LogP contribution in [0.2, 0.25) is 0 Å². The van der Waals surface area contributed by atoms with E-state index in [2.05, 4.69) is 55.8 Å². The molecule has 0 N–H and O–H groups in total. The normalized spacial score (nSPS) is 16.4. The van der Waals surface area contributed by atoms with Crippen molar-refractivity contribution in [2.45, 2.75) is 117 Å². The van der Waals surface area contributed by atoms with E-state index in [1.54, 1.807) is 5.57 Å². The summed E-state index contributed by atoms with van der Waals surface area (Å²) in [6.07, 6.45) is 25.1. The topological polar surface area (TPSA) is 6.48 Å².